The average Bonchev–Trinajstić information content (AvgIpc) is 2.11. The van der Waals surface area contributed by atoms with E-state index in [0.29, 0.717) is 12.8 Å². The third kappa shape index (κ3) is 5.02. The number of rotatable bonds is 6. The molecule has 0 aromatic carbocycles. The molecule has 0 heterocycles. The first-order valence-electron chi connectivity index (χ1n) is 5.52. The van der Waals surface area contributed by atoms with E-state index >= 15 is 0 Å². The van der Waals surface area contributed by atoms with Gasteiger partial charge in [-0.05, 0) is 25.1 Å². The molecule has 0 saturated heterocycles. The molecule has 0 bridgehead atoms. The predicted molar refractivity (Wildman–Crippen MR) is 61.0 cm³/mol. The molecule has 1 nitrogen and oxygen atoms in total. The summed E-state index contributed by atoms with van der Waals surface area (Å²) in [5.41, 5.74) is 0. The van der Waals surface area contributed by atoms with E-state index in [4.69, 9.17) is 4.65 Å². The summed E-state index contributed by atoms with van der Waals surface area (Å²) in [5, 5.41) is 0. The third-order valence-electron chi connectivity index (χ3n) is 2.19. The van der Waals surface area contributed by atoms with Gasteiger partial charge in [0, 0.05) is 5.92 Å². The second-order valence-electron chi connectivity index (χ2n) is 3.73. The fraction of sp³-hybridized carbons (Fsp3) is 0.818. The van der Waals surface area contributed by atoms with E-state index in [-0.39, 0.29) is 0 Å². The maximum absolute atomic E-state index is 5.91. The van der Waals surface area contributed by atoms with Gasteiger partial charge in [-0.25, -0.2) is 0 Å². The first-order valence-corrected chi connectivity index (χ1v) is 5.52. The first-order chi connectivity index (χ1) is 6.15. The molecule has 0 atom stereocenters. The van der Waals surface area contributed by atoms with Gasteiger partial charge in [-0.2, -0.15) is 0 Å². The molecule has 0 aliphatic carbocycles. The maximum atomic E-state index is 5.91. The highest BCUT2D eigenvalue weighted by Crippen LogP contribution is 2.16. The second-order valence-corrected chi connectivity index (χ2v) is 3.73. The Balaban J connectivity index is 4.16. The van der Waals surface area contributed by atoms with Crippen LogP contribution in [0.4, 0.5) is 0 Å². The van der Waals surface area contributed by atoms with E-state index in [0.717, 1.165) is 24.8 Å². The molecule has 0 rings (SSSR count). The topological polar surface area (TPSA) is 9.23 Å². The van der Waals surface area contributed by atoms with Crippen LogP contribution in [0.3, 0.4) is 0 Å². The minimum atomic E-state index is 0.403. The second kappa shape index (κ2) is 7.05. The smallest absolute Gasteiger partial charge is 0.356 e. The number of hydrogen-bond donors (Lipinski definition) is 0. The maximum Gasteiger partial charge on any atom is 0.356 e. The van der Waals surface area contributed by atoms with Gasteiger partial charge >= 0.3 is 6.92 Å². The molecule has 13 heavy (non-hydrogen) atoms. The van der Waals surface area contributed by atoms with E-state index in [1.807, 2.05) is 0 Å². The zero-order valence-corrected chi connectivity index (χ0v) is 9.76. The highest BCUT2D eigenvalue weighted by atomic mass is 16.4. The number of hydrogen-bond acceptors (Lipinski definition) is 1. The van der Waals surface area contributed by atoms with Gasteiger partial charge in [-0.3, -0.25) is 0 Å². The van der Waals surface area contributed by atoms with Crippen LogP contribution in [0.1, 0.15) is 41.0 Å². The van der Waals surface area contributed by atoms with Crippen molar-refractivity contribution in [3.63, 3.8) is 0 Å². The van der Waals surface area contributed by atoms with E-state index in [1.165, 1.54) is 0 Å². The fourth-order valence-corrected chi connectivity index (χ4v) is 1.27. The Morgan fingerprint density at radius 2 is 1.77 bits per heavy atom. The molecule has 0 aliphatic heterocycles. The van der Waals surface area contributed by atoms with Crippen LogP contribution in [0.25, 0.3) is 0 Å². The summed E-state index contributed by atoms with van der Waals surface area (Å²) < 4.78 is 5.91. The lowest BCUT2D eigenvalue weighted by atomic mass is 9.62. The van der Waals surface area contributed by atoms with Gasteiger partial charge in [0.2, 0.25) is 0 Å². The van der Waals surface area contributed by atoms with Gasteiger partial charge < -0.3 is 4.65 Å². The Morgan fingerprint density at radius 3 is 2.08 bits per heavy atom. The normalized spacial score (nSPS) is 12.0. The van der Waals surface area contributed by atoms with E-state index in [9.17, 15) is 0 Å². The molecule has 0 fully saturated rings. The Bertz CT molecular complexity index is 148. The van der Waals surface area contributed by atoms with Crippen molar-refractivity contribution in [3.05, 3.63) is 11.8 Å². The van der Waals surface area contributed by atoms with E-state index in [1.54, 1.807) is 0 Å². The van der Waals surface area contributed by atoms with Crippen molar-refractivity contribution in [2.45, 2.75) is 53.7 Å². The molecule has 76 valence electrons. The average molecular weight is 182 g/mol. The highest BCUT2D eigenvalue weighted by Gasteiger charge is 2.14. The molecule has 0 amide bonds. The lowest BCUT2D eigenvalue weighted by molar-refractivity contribution is 0.369. The van der Waals surface area contributed by atoms with Crippen LogP contribution >= 0.6 is 0 Å². The van der Waals surface area contributed by atoms with Crippen LogP contribution in [0.15, 0.2) is 11.8 Å². The monoisotopic (exact) mass is 182 g/mol. The summed E-state index contributed by atoms with van der Waals surface area (Å²) in [7, 11) is 0. The molecular weight excluding hydrogens is 159 g/mol. The van der Waals surface area contributed by atoms with Gasteiger partial charge in [0.05, 0.1) is 5.76 Å². The van der Waals surface area contributed by atoms with Crippen molar-refractivity contribution >= 4 is 6.92 Å². The van der Waals surface area contributed by atoms with Crippen LogP contribution in [0.2, 0.25) is 12.6 Å². The lowest BCUT2D eigenvalue weighted by Crippen LogP contribution is -2.17. The van der Waals surface area contributed by atoms with Crippen LogP contribution in [0.5, 0.6) is 0 Å². The Morgan fingerprint density at radius 1 is 1.23 bits per heavy atom. The molecule has 0 radical (unpaired) electrons. The van der Waals surface area contributed by atoms with Crippen LogP contribution in [-0.4, -0.2) is 6.92 Å². The molecule has 0 unspecified atom stereocenters. The predicted octanol–water partition coefficient (Wildman–Crippen LogP) is 3.98. The molecule has 0 aromatic heterocycles. The molecule has 0 spiro atoms. The minimum absolute atomic E-state index is 0.403. The zero-order chi connectivity index (χ0) is 10.3. The minimum Gasteiger partial charge on any atom is -0.564 e. The molecular formula is C11H23BO. The van der Waals surface area contributed by atoms with Crippen molar-refractivity contribution in [3.8, 4) is 0 Å². The van der Waals surface area contributed by atoms with Crippen LogP contribution in [-0.2, 0) is 4.65 Å². The van der Waals surface area contributed by atoms with Crippen LogP contribution < -0.4 is 0 Å². The van der Waals surface area contributed by atoms with Gasteiger partial charge in [0.25, 0.3) is 0 Å². The molecule has 2 heteroatoms. The van der Waals surface area contributed by atoms with Crippen molar-refractivity contribution in [2.75, 3.05) is 0 Å². The Hall–Kier alpha value is -0.395. The molecule has 0 aliphatic rings. The van der Waals surface area contributed by atoms with Gasteiger partial charge in [-0.1, -0.05) is 34.6 Å². The standard InChI is InChI=1S/C11H23BO/c1-6-9-11(10(4)5)13-12(7-2)8-3/h9-10H,6-8H2,1-5H3/b11-9+. The summed E-state index contributed by atoms with van der Waals surface area (Å²) in [6.07, 6.45) is 5.46. The van der Waals surface area contributed by atoms with E-state index < -0.39 is 0 Å². The summed E-state index contributed by atoms with van der Waals surface area (Å²) >= 11 is 0. The third-order valence-corrected chi connectivity index (χ3v) is 2.19. The highest BCUT2D eigenvalue weighted by molar-refractivity contribution is 6.51. The Labute approximate surface area is 83.7 Å². The quantitative estimate of drug-likeness (QED) is 0.445. The first kappa shape index (κ1) is 12.6. The SMILES string of the molecule is CC/C=C(/OB(CC)CC)C(C)C. The zero-order valence-electron chi connectivity index (χ0n) is 9.76. The lowest BCUT2D eigenvalue weighted by Gasteiger charge is -2.18. The number of allylic oxidation sites excluding steroid dienone is 2. The summed E-state index contributed by atoms with van der Waals surface area (Å²) in [6.45, 7) is 11.3. The van der Waals surface area contributed by atoms with Crippen molar-refractivity contribution in [2.24, 2.45) is 5.92 Å². The van der Waals surface area contributed by atoms with Gasteiger partial charge in [0.15, 0.2) is 0 Å². The summed E-state index contributed by atoms with van der Waals surface area (Å²) in [4.78, 5) is 0. The largest absolute Gasteiger partial charge is 0.564 e. The Kier molecular flexibility index (Phi) is 6.84. The van der Waals surface area contributed by atoms with E-state index in [2.05, 4.69) is 40.7 Å². The van der Waals surface area contributed by atoms with Crippen molar-refractivity contribution in [1.29, 1.82) is 0 Å². The van der Waals surface area contributed by atoms with Gasteiger partial charge in [-0.15, -0.1) is 0 Å². The van der Waals surface area contributed by atoms with Gasteiger partial charge in [0.1, 0.15) is 0 Å². The molecule has 0 aromatic rings. The summed E-state index contributed by atoms with van der Waals surface area (Å²) in [5.74, 6) is 1.68. The summed E-state index contributed by atoms with van der Waals surface area (Å²) in [6, 6.07) is 0. The fourth-order valence-electron chi connectivity index (χ4n) is 1.27. The molecule has 0 saturated carbocycles. The van der Waals surface area contributed by atoms with Crippen molar-refractivity contribution in [1.82, 2.24) is 0 Å². The molecule has 0 N–H and O–H groups in total. The van der Waals surface area contributed by atoms with Crippen LogP contribution in [0, 0.1) is 5.92 Å². The van der Waals surface area contributed by atoms with Crippen molar-refractivity contribution < 1.29 is 4.65 Å².